The lowest BCUT2D eigenvalue weighted by molar-refractivity contribution is -0.137. The number of nitrogens with two attached hydrogens (primary N) is 1. The van der Waals surface area contributed by atoms with Crippen molar-refractivity contribution in [2.24, 2.45) is 16.6 Å². The molecule has 0 radical (unpaired) electrons. The molecule has 10 heteroatoms. The second-order valence-corrected chi connectivity index (χ2v) is 7.54. The Morgan fingerprint density at radius 1 is 1.16 bits per heavy atom. The Kier molecular flexibility index (Phi) is 12.2. The summed E-state index contributed by atoms with van der Waals surface area (Å²) in [5.41, 5.74) is 5.43. The number of carbonyl (C=O) groups is 1. The maximum absolute atomic E-state index is 12.6. The van der Waals surface area contributed by atoms with Crippen molar-refractivity contribution in [3.63, 3.8) is 0 Å². The third-order valence-corrected chi connectivity index (χ3v) is 5.23. The maximum atomic E-state index is 12.6. The van der Waals surface area contributed by atoms with Crippen LogP contribution in [0.25, 0.3) is 0 Å². The van der Waals surface area contributed by atoms with E-state index < -0.39 is 11.7 Å². The van der Waals surface area contributed by atoms with E-state index in [1.165, 1.54) is 12.1 Å². The summed E-state index contributed by atoms with van der Waals surface area (Å²) in [6.07, 6.45) is -0.632. The number of alkyl halides is 3. The molecular weight excluding hydrogens is 522 g/mol. The Bertz CT molecular complexity index is 689. The van der Waals surface area contributed by atoms with Crippen molar-refractivity contribution in [1.29, 1.82) is 0 Å². The van der Waals surface area contributed by atoms with Crippen LogP contribution in [-0.4, -0.2) is 49.5 Å². The molecule has 0 aliphatic carbocycles. The highest BCUT2D eigenvalue weighted by molar-refractivity contribution is 14.0. The topological polar surface area (TPSA) is 82.8 Å². The molecule has 1 saturated heterocycles. The minimum absolute atomic E-state index is 0. The summed E-state index contributed by atoms with van der Waals surface area (Å²) in [4.78, 5) is 18.0. The highest BCUT2D eigenvalue weighted by Crippen LogP contribution is 2.29. The van der Waals surface area contributed by atoms with Crippen molar-refractivity contribution in [3.05, 3.63) is 35.4 Å². The van der Waals surface area contributed by atoms with Gasteiger partial charge in [-0.2, -0.15) is 13.2 Å². The maximum Gasteiger partial charge on any atom is 0.416 e. The largest absolute Gasteiger partial charge is 0.416 e. The van der Waals surface area contributed by atoms with Crippen molar-refractivity contribution < 1.29 is 18.0 Å². The minimum atomic E-state index is -4.32. The van der Waals surface area contributed by atoms with E-state index in [1.54, 1.807) is 0 Å². The summed E-state index contributed by atoms with van der Waals surface area (Å²) >= 11 is 0. The van der Waals surface area contributed by atoms with Crippen LogP contribution in [0, 0.1) is 5.92 Å². The minimum Gasteiger partial charge on any atom is -0.369 e. The number of amides is 1. The summed E-state index contributed by atoms with van der Waals surface area (Å²) < 4.78 is 37.9. The average molecular weight is 555 g/mol. The number of piperidine rings is 1. The van der Waals surface area contributed by atoms with Crippen LogP contribution in [0.1, 0.15) is 43.7 Å². The number of nitrogens with zero attached hydrogens (tertiary/aromatic N) is 2. The van der Waals surface area contributed by atoms with Crippen LogP contribution in [-0.2, 0) is 17.5 Å². The Morgan fingerprint density at radius 2 is 1.81 bits per heavy atom. The highest BCUT2D eigenvalue weighted by atomic mass is 127. The van der Waals surface area contributed by atoms with E-state index >= 15 is 0 Å². The molecule has 1 aromatic carbocycles. The third kappa shape index (κ3) is 10.1. The number of benzene rings is 1. The molecule has 0 unspecified atom stereocenters. The number of likely N-dealkylation sites (tertiary alicyclic amines) is 1. The van der Waals surface area contributed by atoms with Gasteiger partial charge in [0.05, 0.1) is 12.1 Å². The number of carbonyl (C=O) groups excluding carboxylic acids is 1. The number of rotatable bonds is 9. The van der Waals surface area contributed by atoms with Gasteiger partial charge >= 0.3 is 6.18 Å². The van der Waals surface area contributed by atoms with Crippen molar-refractivity contribution >= 4 is 35.8 Å². The normalized spacial score (nSPS) is 15.9. The fourth-order valence-corrected chi connectivity index (χ4v) is 3.42. The van der Waals surface area contributed by atoms with Crippen LogP contribution in [0.2, 0.25) is 0 Å². The molecule has 1 heterocycles. The number of hydrogen-bond acceptors (Lipinski definition) is 3. The SMILES string of the molecule is CCNC(=NCc1ccc(C(F)(F)F)cc1)NCCCCN1CCC(C(N)=O)CC1.I. The van der Waals surface area contributed by atoms with E-state index in [9.17, 15) is 18.0 Å². The van der Waals surface area contributed by atoms with Gasteiger partial charge in [0.2, 0.25) is 5.91 Å². The van der Waals surface area contributed by atoms with Gasteiger partial charge in [0.25, 0.3) is 0 Å². The number of hydrogen-bond donors (Lipinski definition) is 3. The first-order chi connectivity index (χ1) is 14.3. The molecule has 1 fully saturated rings. The number of nitrogens with one attached hydrogen (secondary N) is 2. The van der Waals surface area contributed by atoms with Crippen molar-refractivity contribution in [2.75, 3.05) is 32.7 Å². The summed E-state index contributed by atoms with van der Waals surface area (Å²) in [6, 6.07) is 5.07. The summed E-state index contributed by atoms with van der Waals surface area (Å²) in [7, 11) is 0. The Labute approximate surface area is 199 Å². The molecule has 1 aromatic rings. The third-order valence-electron chi connectivity index (χ3n) is 5.23. The molecule has 4 N–H and O–H groups in total. The predicted molar refractivity (Wildman–Crippen MR) is 127 cm³/mol. The predicted octanol–water partition coefficient (Wildman–Crippen LogP) is 3.36. The standard InChI is InChI=1S/C21H32F3N5O.HI/c1-2-26-20(28-15-16-5-7-18(8-6-16)21(22,23)24)27-11-3-4-12-29-13-9-17(10-14-29)19(25)30;/h5-8,17H,2-4,9-15H2,1H3,(H2,25,30)(H2,26,27,28);1H. The summed E-state index contributed by atoms with van der Waals surface area (Å²) in [6.45, 7) is 6.56. The fraction of sp³-hybridized carbons (Fsp3) is 0.619. The molecule has 0 aromatic heterocycles. The van der Waals surface area contributed by atoms with Crippen molar-refractivity contribution in [2.45, 2.75) is 45.3 Å². The molecular formula is C21H33F3IN5O. The quantitative estimate of drug-likeness (QED) is 0.189. The molecule has 2 rings (SSSR count). The monoisotopic (exact) mass is 555 g/mol. The molecule has 0 saturated carbocycles. The van der Waals surface area contributed by atoms with E-state index in [4.69, 9.17) is 5.73 Å². The first-order valence-electron chi connectivity index (χ1n) is 10.5. The Morgan fingerprint density at radius 3 is 2.35 bits per heavy atom. The highest BCUT2D eigenvalue weighted by Gasteiger charge is 2.29. The first-order valence-corrected chi connectivity index (χ1v) is 10.5. The molecule has 6 nitrogen and oxygen atoms in total. The first kappa shape index (κ1) is 27.5. The van der Waals surface area contributed by atoms with Crippen LogP contribution in [0.4, 0.5) is 13.2 Å². The van der Waals surface area contributed by atoms with Gasteiger partial charge in [-0.25, -0.2) is 4.99 Å². The lowest BCUT2D eigenvalue weighted by atomic mass is 9.96. The molecule has 31 heavy (non-hydrogen) atoms. The number of halogens is 4. The van der Waals surface area contributed by atoms with Gasteiger partial charge in [-0.3, -0.25) is 4.79 Å². The van der Waals surface area contributed by atoms with E-state index in [0.717, 1.165) is 69.6 Å². The van der Waals surface area contributed by atoms with Crippen LogP contribution in [0.15, 0.2) is 29.3 Å². The molecule has 1 aliphatic heterocycles. The van der Waals surface area contributed by atoms with Crippen LogP contribution < -0.4 is 16.4 Å². The van der Waals surface area contributed by atoms with Gasteiger partial charge in [0.1, 0.15) is 0 Å². The van der Waals surface area contributed by atoms with Gasteiger partial charge in [-0.15, -0.1) is 24.0 Å². The zero-order valence-corrected chi connectivity index (χ0v) is 20.2. The average Bonchev–Trinajstić information content (AvgIpc) is 2.71. The zero-order valence-electron chi connectivity index (χ0n) is 17.9. The number of unbranched alkanes of at least 4 members (excludes halogenated alkanes) is 1. The molecule has 0 atom stereocenters. The Balaban J connectivity index is 0.00000480. The van der Waals surface area contributed by atoms with Crippen LogP contribution >= 0.6 is 24.0 Å². The Hall–Kier alpha value is -1.56. The van der Waals surface area contributed by atoms with Crippen molar-refractivity contribution in [1.82, 2.24) is 15.5 Å². The van der Waals surface area contributed by atoms with E-state index in [1.807, 2.05) is 6.92 Å². The lowest BCUT2D eigenvalue weighted by Gasteiger charge is -2.30. The number of aliphatic imine (C=N–C) groups is 1. The van der Waals surface area contributed by atoms with Gasteiger partial charge in [-0.1, -0.05) is 12.1 Å². The number of primary amides is 1. The zero-order chi connectivity index (χ0) is 22.0. The smallest absolute Gasteiger partial charge is 0.369 e. The fourth-order valence-electron chi connectivity index (χ4n) is 3.42. The van der Waals surface area contributed by atoms with E-state index in [-0.39, 0.29) is 35.8 Å². The van der Waals surface area contributed by atoms with Gasteiger partial charge in [0.15, 0.2) is 5.96 Å². The number of guanidine groups is 1. The molecule has 0 spiro atoms. The molecule has 0 bridgehead atoms. The van der Waals surface area contributed by atoms with Crippen LogP contribution in [0.5, 0.6) is 0 Å². The summed E-state index contributed by atoms with van der Waals surface area (Å²) in [5, 5.41) is 6.41. The molecule has 176 valence electrons. The van der Waals surface area contributed by atoms with Gasteiger partial charge < -0.3 is 21.3 Å². The van der Waals surface area contributed by atoms with Gasteiger partial charge in [0, 0.05) is 19.0 Å². The van der Waals surface area contributed by atoms with E-state index in [2.05, 4.69) is 20.5 Å². The summed E-state index contributed by atoms with van der Waals surface area (Å²) in [5.74, 6) is 0.483. The van der Waals surface area contributed by atoms with E-state index in [0.29, 0.717) is 19.0 Å². The molecule has 1 amide bonds. The second kappa shape index (κ2) is 13.8. The lowest BCUT2D eigenvalue weighted by Crippen LogP contribution is -2.39. The van der Waals surface area contributed by atoms with Crippen LogP contribution in [0.3, 0.4) is 0 Å². The van der Waals surface area contributed by atoms with Crippen molar-refractivity contribution in [3.8, 4) is 0 Å². The second-order valence-electron chi connectivity index (χ2n) is 7.54. The van der Waals surface area contributed by atoms with Gasteiger partial charge in [-0.05, 0) is 69.9 Å². The molecule has 1 aliphatic rings.